The molecule has 1 fully saturated rings. The van der Waals surface area contributed by atoms with E-state index in [1.54, 1.807) is 0 Å². The maximum atomic E-state index is 11.8. The third-order valence-corrected chi connectivity index (χ3v) is 4.21. The summed E-state index contributed by atoms with van der Waals surface area (Å²) < 4.78 is 1.05. The van der Waals surface area contributed by atoms with Gasteiger partial charge in [-0.1, -0.05) is 28.1 Å². The van der Waals surface area contributed by atoms with Crippen LogP contribution in [0.25, 0.3) is 0 Å². The van der Waals surface area contributed by atoms with Crippen molar-refractivity contribution in [3.05, 3.63) is 34.3 Å². The van der Waals surface area contributed by atoms with Crippen LogP contribution in [0.4, 0.5) is 0 Å². The monoisotopic (exact) mass is 314 g/mol. The van der Waals surface area contributed by atoms with Crippen molar-refractivity contribution in [1.82, 2.24) is 10.6 Å². The zero-order valence-corrected chi connectivity index (χ0v) is 11.8. The summed E-state index contributed by atoms with van der Waals surface area (Å²) >= 11 is 5.21. The van der Waals surface area contributed by atoms with Gasteiger partial charge in [-0.25, -0.2) is 0 Å². The predicted molar refractivity (Wildman–Crippen MR) is 75.1 cm³/mol. The van der Waals surface area contributed by atoms with Crippen LogP contribution in [0.15, 0.2) is 28.7 Å². The third kappa shape index (κ3) is 4.01. The molecule has 5 heteroatoms. The molecule has 1 unspecified atom stereocenters. The van der Waals surface area contributed by atoms with Gasteiger partial charge in [0.15, 0.2) is 0 Å². The van der Waals surface area contributed by atoms with E-state index in [9.17, 15) is 4.79 Å². The lowest BCUT2D eigenvalue weighted by molar-refractivity contribution is -0.122. The number of carbonyl (C=O) groups is 1. The van der Waals surface area contributed by atoms with Gasteiger partial charge < -0.3 is 10.6 Å². The maximum Gasteiger partial charge on any atom is 0.238 e. The average molecular weight is 315 g/mol. The Hall–Kier alpha value is -0.520. The lowest BCUT2D eigenvalue weighted by Gasteiger charge is -2.22. The molecule has 1 aromatic carbocycles. The van der Waals surface area contributed by atoms with E-state index < -0.39 is 0 Å². The first-order chi connectivity index (χ1) is 8.25. The van der Waals surface area contributed by atoms with Crippen LogP contribution in [0, 0.1) is 0 Å². The van der Waals surface area contributed by atoms with E-state index in [0.717, 1.165) is 28.1 Å². The minimum absolute atomic E-state index is 0.0378. The highest BCUT2D eigenvalue weighted by molar-refractivity contribution is 9.10. The van der Waals surface area contributed by atoms with E-state index in [-0.39, 0.29) is 11.9 Å². The van der Waals surface area contributed by atoms with Gasteiger partial charge >= 0.3 is 0 Å². The number of halogens is 1. The van der Waals surface area contributed by atoms with E-state index in [2.05, 4.69) is 26.6 Å². The van der Waals surface area contributed by atoms with Gasteiger partial charge in [0.05, 0.1) is 6.04 Å². The molecule has 1 aromatic rings. The topological polar surface area (TPSA) is 41.1 Å². The summed E-state index contributed by atoms with van der Waals surface area (Å²) in [5.41, 5.74) is 1.12. The molecule has 0 bridgehead atoms. The highest BCUT2D eigenvalue weighted by Crippen LogP contribution is 2.11. The standard InChI is InChI=1S/C12H15BrN2OS/c13-10-3-1-9(2-4-10)7-15-12(16)11-8-17-6-5-14-11/h1-4,11,14H,5-8H2,(H,15,16). The van der Waals surface area contributed by atoms with Crippen LogP contribution in [-0.4, -0.2) is 30.0 Å². The Morgan fingerprint density at radius 1 is 1.47 bits per heavy atom. The predicted octanol–water partition coefficient (Wildman–Crippen LogP) is 1.77. The molecular weight excluding hydrogens is 300 g/mol. The lowest BCUT2D eigenvalue weighted by atomic mass is 10.2. The molecule has 2 rings (SSSR count). The fraction of sp³-hybridized carbons (Fsp3) is 0.417. The van der Waals surface area contributed by atoms with Crippen LogP contribution in [0.5, 0.6) is 0 Å². The van der Waals surface area contributed by atoms with Crippen molar-refractivity contribution >= 4 is 33.6 Å². The molecule has 2 N–H and O–H groups in total. The van der Waals surface area contributed by atoms with Crippen LogP contribution in [-0.2, 0) is 11.3 Å². The Balaban J connectivity index is 1.81. The number of hydrogen-bond acceptors (Lipinski definition) is 3. The molecule has 1 atom stereocenters. The lowest BCUT2D eigenvalue weighted by Crippen LogP contribution is -2.48. The summed E-state index contributed by atoms with van der Waals surface area (Å²) in [5.74, 6) is 2.06. The highest BCUT2D eigenvalue weighted by atomic mass is 79.9. The van der Waals surface area contributed by atoms with Gasteiger partial charge in [0, 0.05) is 29.1 Å². The van der Waals surface area contributed by atoms with Crippen molar-refractivity contribution in [2.75, 3.05) is 18.1 Å². The van der Waals surface area contributed by atoms with E-state index in [0.29, 0.717) is 6.54 Å². The summed E-state index contributed by atoms with van der Waals surface area (Å²) in [7, 11) is 0. The van der Waals surface area contributed by atoms with E-state index in [1.807, 2.05) is 36.0 Å². The second-order valence-corrected chi connectivity index (χ2v) is 5.99. The second-order valence-electron chi connectivity index (χ2n) is 3.93. The molecule has 0 spiro atoms. The average Bonchev–Trinajstić information content (AvgIpc) is 2.39. The Morgan fingerprint density at radius 3 is 2.88 bits per heavy atom. The van der Waals surface area contributed by atoms with E-state index in [1.165, 1.54) is 0 Å². The number of rotatable bonds is 3. The fourth-order valence-electron chi connectivity index (χ4n) is 1.65. The van der Waals surface area contributed by atoms with E-state index in [4.69, 9.17) is 0 Å². The normalized spacial score (nSPS) is 19.9. The quantitative estimate of drug-likeness (QED) is 0.893. The van der Waals surface area contributed by atoms with Gasteiger partial charge in [-0.3, -0.25) is 4.79 Å². The summed E-state index contributed by atoms with van der Waals surface area (Å²) in [5, 5.41) is 6.18. The van der Waals surface area contributed by atoms with Gasteiger partial charge in [-0.15, -0.1) is 0 Å². The van der Waals surface area contributed by atoms with Crippen molar-refractivity contribution < 1.29 is 4.79 Å². The zero-order chi connectivity index (χ0) is 12.1. The molecule has 0 aliphatic carbocycles. The van der Waals surface area contributed by atoms with Crippen LogP contribution in [0.2, 0.25) is 0 Å². The van der Waals surface area contributed by atoms with Gasteiger partial charge in [0.1, 0.15) is 0 Å². The van der Waals surface area contributed by atoms with Crippen molar-refractivity contribution in [2.45, 2.75) is 12.6 Å². The summed E-state index contributed by atoms with van der Waals surface area (Å²) in [4.78, 5) is 11.8. The number of hydrogen-bond donors (Lipinski definition) is 2. The molecule has 1 saturated heterocycles. The fourth-order valence-corrected chi connectivity index (χ4v) is 2.85. The largest absolute Gasteiger partial charge is 0.351 e. The molecule has 1 aliphatic rings. The Labute approximate surface area is 114 Å². The summed E-state index contributed by atoms with van der Waals surface area (Å²) in [6, 6.07) is 7.94. The number of benzene rings is 1. The first-order valence-corrected chi connectivity index (χ1v) is 7.54. The van der Waals surface area contributed by atoms with Crippen LogP contribution in [0.3, 0.4) is 0 Å². The van der Waals surface area contributed by atoms with Gasteiger partial charge in [0.25, 0.3) is 0 Å². The van der Waals surface area contributed by atoms with E-state index >= 15 is 0 Å². The Morgan fingerprint density at radius 2 is 2.24 bits per heavy atom. The van der Waals surface area contributed by atoms with Gasteiger partial charge in [0.2, 0.25) is 5.91 Å². The molecule has 0 aromatic heterocycles. The van der Waals surface area contributed by atoms with Crippen molar-refractivity contribution in [3.63, 3.8) is 0 Å². The second kappa shape index (κ2) is 6.42. The van der Waals surface area contributed by atoms with Crippen LogP contribution in [0.1, 0.15) is 5.56 Å². The minimum Gasteiger partial charge on any atom is -0.351 e. The molecule has 0 radical (unpaired) electrons. The number of nitrogens with one attached hydrogen (secondary N) is 2. The van der Waals surface area contributed by atoms with Crippen LogP contribution >= 0.6 is 27.7 Å². The number of thioether (sulfide) groups is 1. The molecule has 1 amide bonds. The minimum atomic E-state index is -0.0378. The van der Waals surface area contributed by atoms with Crippen molar-refractivity contribution in [3.8, 4) is 0 Å². The Kier molecular flexibility index (Phi) is 4.88. The molecule has 0 saturated carbocycles. The van der Waals surface area contributed by atoms with Crippen molar-refractivity contribution in [2.24, 2.45) is 0 Å². The SMILES string of the molecule is O=C(NCc1ccc(Br)cc1)C1CSCCN1. The molecule has 92 valence electrons. The number of carbonyl (C=O) groups excluding carboxylic acids is 1. The Bertz CT molecular complexity index is 377. The molecule has 1 heterocycles. The summed E-state index contributed by atoms with van der Waals surface area (Å²) in [6.45, 7) is 1.51. The molecule has 17 heavy (non-hydrogen) atoms. The highest BCUT2D eigenvalue weighted by Gasteiger charge is 2.20. The number of amides is 1. The van der Waals surface area contributed by atoms with Gasteiger partial charge in [-0.05, 0) is 17.7 Å². The molecule has 1 aliphatic heterocycles. The molecular formula is C12H15BrN2OS. The summed E-state index contributed by atoms with van der Waals surface area (Å²) in [6.07, 6.45) is 0. The third-order valence-electron chi connectivity index (χ3n) is 2.62. The zero-order valence-electron chi connectivity index (χ0n) is 9.41. The van der Waals surface area contributed by atoms with Crippen LogP contribution < -0.4 is 10.6 Å². The van der Waals surface area contributed by atoms with Gasteiger partial charge in [-0.2, -0.15) is 11.8 Å². The first kappa shape index (κ1) is 12.9. The smallest absolute Gasteiger partial charge is 0.238 e. The maximum absolute atomic E-state index is 11.8. The first-order valence-electron chi connectivity index (χ1n) is 5.59. The van der Waals surface area contributed by atoms with Crippen molar-refractivity contribution in [1.29, 1.82) is 0 Å². The molecule has 3 nitrogen and oxygen atoms in total.